The van der Waals surface area contributed by atoms with Crippen molar-refractivity contribution in [1.29, 1.82) is 0 Å². The Labute approximate surface area is 162 Å². The SMILES string of the molecule is CCCCCCCCCCCCCCCCC1CCC(C(=O)[O-])C[NH+]1C. The fraction of sp³-hybridized carbons (Fsp3) is 0.957. The quantitative estimate of drug-likeness (QED) is 0.421. The van der Waals surface area contributed by atoms with E-state index in [2.05, 4.69) is 14.0 Å². The van der Waals surface area contributed by atoms with Crippen LogP contribution in [0, 0.1) is 5.92 Å². The molecule has 0 amide bonds. The van der Waals surface area contributed by atoms with Gasteiger partial charge in [-0.1, -0.05) is 90.4 Å². The first kappa shape index (κ1) is 23.5. The van der Waals surface area contributed by atoms with E-state index < -0.39 is 5.97 Å². The zero-order valence-corrected chi connectivity index (χ0v) is 17.7. The minimum atomic E-state index is -0.848. The second-order valence-electron chi connectivity index (χ2n) is 8.73. The molecule has 1 rings (SSSR count). The van der Waals surface area contributed by atoms with Gasteiger partial charge >= 0.3 is 0 Å². The number of rotatable bonds is 16. The number of aliphatic carboxylic acids is 1. The lowest BCUT2D eigenvalue weighted by Gasteiger charge is -2.34. The average molecular weight is 368 g/mol. The fourth-order valence-corrected chi connectivity index (χ4v) is 4.48. The first-order valence-electron chi connectivity index (χ1n) is 11.7. The highest BCUT2D eigenvalue weighted by Crippen LogP contribution is 2.16. The van der Waals surface area contributed by atoms with E-state index in [4.69, 9.17) is 0 Å². The second kappa shape index (κ2) is 15.5. The first-order valence-corrected chi connectivity index (χ1v) is 11.7. The molecular formula is C23H45NO2. The normalized spacial score (nSPS) is 23.2. The topological polar surface area (TPSA) is 44.6 Å². The number of piperidine rings is 1. The van der Waals surface area contributed by atoms with Crippen LogP contribution in [0.5, 0.6) is 0 Å². The van der Waals surface area contributed by atoms with Crippen molar-refractivity contribution in [2.45, 2.75) is 122 Å². The van der Waals surface area contributed by atoms with Crippen LogP contribution in [0.25, 0.3) is 0 Å². The smallest absolute Gasteiger partial charge is 0.0873 e. The maximum atomic E-state index is 11.0. The van der Waals surface area contributed by atoms with Gasteiger partial charge in [-0.15, -0.1) is 0 Å². The number of carboxylic acid groups (broad SMARTS) is 1. The highest BCUT2D eigenvalue weighted by atomic mass is 16.4. The van der Waals surface area contributed by atoms with Gasteiger partial charge in [-0.25, -0.2) is 0 Å². The molecular weight excluding hydrogens is 322 g/mol. The standard InChI is InChI=1S/C23H45NO2/c1-3-4-5-6-7-8-9-10-11-12-13-14-15-16-17-22-19-18-21(23(25)26)20-24(22)2/h21-22H,3-20H2,1-2H3,(H,25,26). The Morgan fingerprint density at radius 2 is 1.27 bits per heavy atom. The number of unbranched alkanes of at least 4 members (excludes halogenated alkanes) is 13. The maximum Gasteiger partial charge on any atom is 0.0873 e. The van der Waals surface area contributed by atoms with Crippen molar-refractivity contribution < 1.29 is 14.8 Å². The molecule has 154 valence electrons. The molecule has 0 bridgehead atoms. The molecule has 0 radical (unpaired) electrons. The first-order chi connectivity index (χ1) is 12.6. The van der Waals surface area contributed by atoms with Crippen molar-refractivity contribution in [3.63, 3.8) is 0 Å². The molecule has 3 unspecified atom stereocenters. The van der Waals surface area contributed by atoms with Crippen molar-refractivity contribution in [3.05, 3.63) is 0 Å². The number of likely N-dealkylation sites (tertiary alicyclic amines) is 1. The van der Waals surface area contributed by atoms with Crippen molar-refractivity contribution in [1.82, 2.24) is 0 Å². The van der Waals surface area contributed by atoms with Crippen LogP contribution in [-0.2, 0) is 4.79 Å². The van der Waals surface area contributed by atoms with Crippen molar-refractivity contribution in [2.75, 3.05) is 13.6 Å². The van der Waals surface area contributed by atoms with Crippen LogP contribution in [0.2, 0.25) is 0 Å². The number of hydrogen-bond acceptors (Lipinski definition) is 2. The van der Waals surface area contributed by atoms with Crippen LogP contribution in [0.15, 0.2) is 0 Å². The van der Waals surface area contributed by atoms with E-state index >= 15 is 0 Å². The van der Waals surface area contributed by atoms with Crippen molar-refractivity contribution in [2.24, 2.45) is 5.92 Å². The van der Waals surface area contributed by atoms with Gasteiger partial charge in [0.25, 0.3) is 0 Å². The molecule has 1 heterocycles. The van der Waals surface area contributed by atoms with Gasteiger partial charge in [0.05, 0.1) is 25.6 Å². The van der Waals surface area contributed by atoms with Gasteiger partial charge in [0, 0.05) is 12.3 Å². The molecule has 0 aromatic heterocycles. The lowest BCUT2D eigenvalue weighted by atomic mass is 9.90. The van der Waals surface area contributed by atoms with Gasteiger partial charge in [0.1, 0.15) is 0 Å². The van der Waals surface area contributed by atoms with E-state index in [1.165, 1.54) is 101 Å². The molecule has 1 N–H and O–H groups in total. The monoisotopic (exact) mass is 367 g/mol. The van der Waals surface area contributed by atoms with Crippen LogP contribution in [0.4, 0.5) is 0 Å². The van der Waals surface area contributed by atoms with Gasteiger partial charge in [-0.2, -0.15) is 0 Å². The van der Waals surface area contributed by atoms with E-state index in [0.29, 0.717) is 6.04 Å². The zero-order valence-electron chi connectivity index (χ0n) is 17.7. The summed E-state index contributed by atoms with van der Waals surface area (Å²) in [6.07, 6.45) is 22.8. The zero-order chi connectivity index (χ0) is 19.0. The summed E-state index contributed by atoms with van der Waals surface area (Å²) in [4.78, 5) is 12.4. The van der Waals surface area contributed by atoms with Crippen LogP contribution in [-0.4, -0.2) is 25.6 Å². The maximum absolute atomic E-state index is 11.0. The predicted octanol–water partition coefficient (Wildman–Crippen LogP) is 3.90. The molecule has 3 heteroatoms. The molecule has 0 spiro atoms. The Morgan fingerprint density at radius 3 is 1.69 bits per heavy atom. The molecule has 3 nitrogen and oxygen atoms in total. The summed E-state index contributed by atoms with van der Waals surface area (Å²) < 4.78 is 0. The summed E-state index contributed by atoms with van der Waals surface area (Å²) >= 11 is 0. The van der Waals surface area contributed by atoms with Gasteiger partial charge in [-0.3, -0.25) is 0 Å². The second-order valence-corrected chi connectivity index (χ2v) is 8.73. The Morgan fingerprint density at radius 1 is 0.808 bits per heavy atom. The highest BCUT2D eigenvalue weighted by molar-refractivity contribution is 5.67. The van der Waals surface area contributed by atoms with Crippen LogP contribution in [0.3, 0.4) is 0 Å². The molecule has 1 aliphatic heterocycles. The van der Waals surface area contributed by atoms with Crippen LogP contribution < -0.4 is 10.0 Å². The molecule has 1 aliphatic rings. The summed E-state index contributed by atoms with van der Waals surface area (Å²) in [5, 5.41) is 11.0. The summed E-state index contributed by atoms with van der Waals surface area (Å²) in [5.74, 6) is -1.07. The summed E-state index contributed by atoms with van der Waals surface area (Å²) in [7, 11) is 2.16. The number of carbonyl (C=O) groups is 1. The minimum Gasteiger partial charge on any atom is -0.550 e. The molecule has 26 heavy (non-hydrogen) atoms. The van der Waals surface area contributed by atoms with Gasteiger partial charge < -0.3 is 14.8 Å². The molecule has 0 aliphatic carbocycles. The van der Waals surface area contributed by atoms with Gasteiger partial charge in [0.2, 0.25) is 0 Å². The minimum absolute atomic E-state index is 0.220. The lowest BCUT2D eigenvalue weighted by molar-refractivity contribution is -0.914. The van der Waals surface area contributed by atoms with Gasteiger partial charge in [0.15, 0.2) is 0 Å². The molecule has 1 saturated heterocycles. The number of nitrogens with one attached hydrogen (secondary N) is 1. The Balaban J connectivity index is 1.83. The Hall–Kier alpha value is -0.570. The van der Waals surface area contributed by atoms with Crippen molar-refractivity contribution in [3.8, 4) is 0 Å². The Kier molecular flexibility index (Phi) is 14.0. The number of carbonyl (C=O) groups excluding carboxylic acids is 1. The predicted molar refractivity (Wildman–Crippen MR) is 108 cm³/mol. The third kappa shape index (κ3) is 11.2. The third-order valence-electron chi connectivity index (χ3n) is 6.37. The average Bonchev–Trinajstić information content (AvgIpc) is 2.63. The molecule has 0 saturated carbocycles. The number of quaternary nitrogens is 1. The number of hydrogen-bond donors (Lipinski definition) is 1. The molecule has 0 aromatic carbocycles. The van der Waals surface area contributed by atoms with E-state index in [0.717, 1.165) is 19.4 Å². The lowest BCUT2D eigenvalue weighted by Crippen LogP contribution is -3.14. The summed E-state index contributed by atoms with van der Waals surface area (Å²) in [6, 6.07) is 0.669. The van der Waals surface area contributed by atoms with E-state index in [-0.39, 0.29) is 5.92 Å². The van der Waals surface area contributed by atoms with Crippen LogP contribution >= 0.6 is 0 Å². The Bertz CT molecular complexity index is 345. The van der Waals surface area contributed by atoms with Gasteiger partial charge in [-0.05, 0) is 19.3 Å². The van der Waals surface area contributed by atoms with Crippen molar-refractivity contribution >= 4 is 5.97 Å². The largest absolute Gasteiger partial charge is 0.550 e. The molecule has 0 aromatic rings. The van der Waals surface area contributed by atoms with Crippen LogP contribution in [0.1, 0.15) is 116 Å². The summed E-state index contributed by atoms with van der Waals surface area (Å²) in [5.41, 5.74) is 0. The van der Waals surface area contributed by atoms with E-state index in [1.807, 2.05) is 0 Å². The third-order valence-corrected chi connectivity index (χ3v) is 6.37. The fourth-order valence-electron chi connectivity index (χ4n) is 4.48. The molecule has 3 atom stereocenters. The summed E-state index contributed by atoms with van der Waals surface area (Å²) in [6.45, 7) is 3.04. The van der Waals surface area contributed by atoms with E-state index in [1.54, 1.807) is 0 Å². The molecule has 1 fully saturated rings. The van der Waals surface area contributed by atoms with E-state index in [9.17, 15) is 9.90 Å². The number of carboxylic acids is 1. The highest BCUT2D eigenvalue weighted by Gasteiger charge is 2.29.